The molecule has 1 aliphatic heterocycles. The number of rotatable bonds is 3. The van der Waals surface area contributed by atoms with E-state index in [0.717, 1.165) is 0 Å². The van der Waals surface area contributed by atoms with Crippen LogP contribution in [-0.4, -0.2) is 58.1 Å². The molecule has 0 aromatic rings. The first kappa shape index (κ1) is 18.7. The second kappa shape index (κ2) is 7.30. The smallest absolute Gasteiger partial charge is 0.410 e. The van der Waals surface area contributed by atoms with Gasteiger partial charge in [0, 0.05) is 13.1 Å². The third-order valence-electron chi connectivity index (χ3n) is 2.74. The Morgan fingerprint density at radius 3 is 2.68 bits per heavy atom. The van der Waals surface area contributed by atoms with Gasteiger partial charge in [-0.3, -0.25) is 4.79 Å². The summed E-state index contributed by atoms with van der Waals surface area (Å²) in [6, 6.07) is 0. The number of nitrogens with one attached hydrogen (secondary N) is 1. The predicted octanol–water partition coefficient (Wildman–Crippen LogP) is 1.26. The molecule has 0 aromatic heterocycles. The number of halogens is 1. The molecule has 1 atom stereocenters. The molecule has 8 heteroatoms. The minimum atomic E-state index is -1.51. The molecule has 0 saturated carbocycles. The first-order valence-electron chi connectivity index (χ1n) is 6.83. The molecule has 22 heavy (non-hydrogen) atoms. The van der Waals surface area contributed by atoms with Gasteiger partial charge in [-0.2, -0.15) is 0 Å². The van der Waals surface area contributed by atoms with Crippen molar-refractivity contribution in [3.8, 4) is 0 Å². The lowest BCUT2D eigenvalue weighted by Crippen LogP contribution is -2.53. The normalized spacial score (nSPS) is 22.4. The van der Waals surface area contributed by atoms with Crippen LogP contribution in [0.3, 0.4) is 0 Å². The Hall–Kier alpha value is -1.32. The molecule has 0 spiro atoms. The molecule has 1 rings (SSSR count). The summed E-state index contributed by atoms with van der Waals surface area (Å²) in [5, 5.41) is 2.62. The van der Waals surface area contributed by atoms with Crippen LogP contribution in [0.15, 0.2) is 12.7 Å². The van der Waals surface area contributed by atoms with Crippen LogP contribution in [0.5, 0.6) is 0 Å². The van der Waals surface area contributed by atoms with Gasteiger partial charge in [-0.25, -0.2) is 9.59 Å². The van der Waals surface area contributed by atoms with E-state index in [-0.39, 0.29) is 26.2 Å². The number of amides is 2. The third-order valence-corrected chi connectivity index (χ3v) is 4.01. The number of carbonyl (C=O) groups excluding carboxylic acids is 3. The maximum Gasteiger partial charge on any atom is 0.410 e. The number of ether oxygens (including phenoxy) is 2. The fourth-order valence-electron chi connectivity index (χ4n) is 1.75. The minimum Gasteiger partial charge on any atom is -0.460 e. The largest absolute Gasteiger partial charge is 0.460 e. The maximum absolute atomic E-state index is 12.2. The zero-order valence-corrected chi connectivity index (χ0v) is 15.1. The molecule has 0 radical (unpaired) electrons. The first-order chi connectivity index (χ1) is 10.1. The van der Waals surface area contributed by atoms with Gasteiger partial charge in [0.1, 0.15) is 12.2 Å². The highest BCUT2D eigenvalue weighted by Crippen LogP contribution is 2.25. The molecule has 1 saturated heterocycles. The van der Waals surface area contributed by atoms with Crippen molar-refractivity contribution in [3.05, 3.63) is 12.7 Å². The van der Waals surface area contributed by atoms with Crippen molar-refractivity contribution in [1.29, 1.82) is 0 Å². The summed E-state index contributed by atoms with van der Waals surface area (Å²) in [4.78, 5) is 37.9. The van der Waals surface area contributed by atoms with E-state index in [9.17, 15) is 14.4 Å². The molecule has 0 aromatic carbocycles. The Kier molecular flexibility index (Phi) is 6.21. The zero-order valence-electron chi connectivity index (χ0n) is 13.0. The van der Waals surface area contributed by atoms with Gasteiger partial charge in [-0.1, -0.05) is 35.2 Å². The number of esters is 1. The third kappa shape index (κ3) is 4.85. The molecule has 1 aliphatic rings. The van der Waals surface area contributed by atoms with Crippen molar-refractivity contribution >= 4 is 40.6 Å². The number of alkyl halides is 1. The lowest BCUT2D eigenvalue weighted by atomic mass is 10.1. The monoisotopic (exact) mass is 424 g/mol. The first-order valence-corrected chi connectivity index (χ1v) is 7.91. The van der Waals surface area contributed by atoms with Crippen molar-refractivity contribution in [2.75, 3.05) is 26.2 Å². The molecule has 0 bridgehead atoms. The second-order valence-electron chi connectivity index (χ2n) is 5.85. The van der Waals surface area contributed by atoms with Gasteiger partial charge in [0.2, 0.25) is 9.33 Å². The van der Waals surface area contributed by atoms with Gasteiger partial charge in [-0.05, 0) is 20.8 Å². The molecule has 1 N–H and O–H groups in total. The van der Waals surface area contributed by atoms with Gasteiger partial charge >= 0.3 is 12.1 Å². The fraction of sp³-hybridized carbons (Fsp3) is 0.643. The summed E-state index contributed by atoms with van der Waals surface area (Å²) in [7, 11) is 0. The predicted molar refractivity (Wildman–Crippen MR) is 88.7 cm³/mol. The van der Waals surface area contributed by atoms with Gasteiger partial charge in [-0.15, -0.1) is 0 Å². The Bertz CT molecular complexity index is 474. The number of carbonyl (C=O) groups is 3. The minimum absolute atomic E-state index is 0.00328. The fourth-order valence-corrected chi connectivity index (χ4v) is 2.51. The Morgan fingerprint density at radius 2 is 2.14 bits per heavy atom. The van der Waals surface area contributed by atoms with E-state index in [0.29, 0.717) is 0 Å². The Balaban J connectivity index is 2.92. The quantitative estimate of drug-likeness (QED) is 0.243. The SMILES string of the molecule is C=CCOC(=O)C1(I)CN(C(=O)OC(C)(C)C)CCNC1=O. The molecule has 0 aliphatic carbocycles. The highest BCUT2D eigenvalue weighted by molar-refractivity contribution is 14.1. The van der Waals surface area contributed by atoms with Crippen molar-refractivity contribution in [1.82, 2.24) is 10.2 Å². The summed E-state index contributed by atoms with van der Waals surface area (Å²) in [6.45, 7) is 9.12. The molecular formula is C14H21IN2O5. The van der Waals surface area contributed by atoms with Crippen molar-refractivity contribution in [2.24, 2.45) is 0 Å². The topological polar surface area (TPSA) is 84.9 Å². The summed E-state index contributed by atoms with van der Waals surface area (Å²) in [5.41, 5.74) is -0.655. The van der Waals surface area contributed by atoms with Crippen molar-refractivity contribution < 1.29 is 23.9 Å². The average Bonchev–Trinajstić information content (AvgIpc) is 2.55. The Labute approximate surface area is 143 Å². The summed E-state index contributed by atoms with van der Waals surface area (Å²) >= 11 is 1.72. The van der Waals surface area contributed by atoms with Crippen LogP contribution >= 0.6 is 22.6 Å². The zero-order chi connectivity index (χ0) is 17.0. The van der Waals surface area contributed by atoms with Crippen molar-refractivity contribution in [2.45, 2.75) is 29.8 Å². The van der Waals surface area contributed by atoms with Gasteiger partial charge < -0.3 is 19.7 Å². The highest BCUT2D eigenvalue weighted by Gasteiger charge is 2.49. The van der Waals surface area contributed by atoms with E-state index in [1.54, 1.807) is 43.4 Å². The average molecular weight is 424 g/mol. The number of hydrogen-bond donors (Lipinski definition) is 1. The molecular weight excluding hydrogens is 403 g/mol. The molecule has 2 amide bonds. The van der Waals surface area contributed by atoms with Crippen LogP contribution in [0.1, 0.15) is 20.8 Å². The molecule has 124 valence electrons. The maximum atomic E-state index is 12.2. The van der Waals surface area contributed by atoms with E-state index in [2.05, 4.69) is 11.9 Å². The van der Waals surface area contributed by atoms with Crippen LogP contribution in [0.2, 0.25) is 0 Å². The summed E-state index contributed by atoms with van der Waals surface area (Å²) < 4.78 is 8.78. The molecule has 1 unspecified atom stereocenters. The lowest BCUT2D eigenvalue weighted by molar-refractivity contribution is -0.148. The van der Waals surface area contributed by atoms with Gasteiger partial charge in [0.25, 0.3) is 0 Å². The van der Waals surface area contributed by atoms with Gasteiger partial charge in [0.15, 0.2) is 0 Å². The molecule has 7 nitrogen and oxygen atoms in total. The molecule has 1 fully saturated rings. The second-order valence-corrected chi connectivity index (χ2v) is 7.69. The van der Waals surface area contributed by atoms with E-state index >= 15 is 0 Å². The van der Waals surface area contributed by atoms with Gasteiger partial charge in [0.05, 0.1) is 6.54 Å². The van der Waals surface area contributed by atoms with E-state index in [1.807, 2.05) is 0 Å². The Morgan fingerprint density at radius 1 is 1.50 bits per heavy atom. The van der Waals surface area contributed by atoms with E-state index in [4.69, 9.17) is 9.47 Å². The number of nitrogens with zero attached hydrogens (tertiary/aromatic N) is 1. The number of hydrogen-bond acceptors (Lipinski definition) is 5. The van der Waals surface area contributed by atoms with Crippen LogP contribution in [0, 0.1) is 0 Å². The summed E-state index contributed by atoms with van der Waals surface area (Å²) in [5.74, 6) is -1.19. The standard InChI is InChI=1S/C14H21IN2O5/c1-5-8-21-11(19)14(15)9-17(7-6-16-10(14)18)12(20)22-13(2,3)4/h5H,1,6-9H2,2-4H3,(H,16,18). The van der Waals surface area contributed by atoms with Crippen LogP contribution in [-0.2, 0) is 19.1 Å². The van der Waals surface area contributed by atoms with E-state index in [1.165, 1.54) is 11.0 Å². The summed E-state index contributed by atoms with van der Waals surface area (Å²) in [6.07, 6.45) is 0.847. The van der Waals surface area contributed by atoms with Crippen molar-refractivity contribution in [3.63, 3.8) is 0 Å². The van der Waals surface area contributed by atoms with Crippen LogP contribution in [0.4, 0.5) is 4.79 Å². The van der Waals surface area contributed by atoms with Crippen LogP contribution < -0.4 is 5.32 Å². The lowest BCUT2D eigenvalue weighted by Gasteiger charge is -2.29. The molecule has 1 heterocycles. The van der Waals surface area contributed by atoms with E-state index < -0.39 is 27.0 Å². The van der Waals surface area contributed by atoms with Crippen LogP contribution in [0.25, 0.3) is 0 Å². The highest BCUT2D eigenvalue weighted by atomic mass is 127.